The van der Waals surface area contributed by atoms with Crippen molar-refractivity contribution >= 4 is 34.9 Å². The monoisotopic (exact) mass is 723 g/mol. The van der Waals surface area contributed by atoms with Crippen LogP contribution in [0.5, 0.6) is 5.75 Å². The molecule has 4 aromatic rings. The number of carbonyl (C=O) groups excluding carboxylic acids is 2. The van der Waals surface area contributed by atoms with Crippen LogP contribution in [0.15, 0.2) is 60.9 Å². The molecule has 6 rings (SSSR count). The third kappa shape index (κ3) is 8.31. The van der Waals surface area contributed by atoms with E-state index in [0.29, 0.717) is 42.6 Å². The number of benzene rings is 2. The number of halogens is 4. The first-order valence-corrected chi connectivity index (χ1v) is 17.3. The molecule has 2 aromatic carbocycles. The van der Waals surface area contributed by atoms with Crippen LogP contribution >= 0.6 is 11.6 Å². The quantitative estimate of drug-likeness (QED) is 0.179. The topological polar surface area (TPSA) is 115 Å². The summed E-state index contributed by atoms with van der Waals surface area (Å²) in [4.78, 5) is 42.3. The minimum Gasteiger partial charge on any atom is -0.405 e. The molecule has 2 aromatic heterocycles. The largest absolute Gasteiger partial charge is 0.573 e. The second kappa shape index (κ2) is 14.2. The molecule has 0 radical (unpaired) electrons. The molecule has 2 saturated heterocycles. The molecule has 2 amide bonds. The number of anilines is 2. The maximum Gasteiger partial charge on any atom is 0.573 e. The van der Waals surface area contributed by atoms with Crippen LogP contribution < -0.4 is 20.3 Å². The summed E-state index contributed by atoms with van der Waals surface area (Å²) in [5.41, 5.74) is 1.68. The van der Waals surface area contributed by atoms with Crippen molar-refractivity contribution in [3.05, 3.63) is 77.3 Å². The van der Waals surface area contributed by atoms with Gasteiger partial charge < -0.3 is 30.2 Å². The fraction of sp³-hybridized carbons (Fsp3) is 0.405. The molecule has 3 atom stereocenters. The van der Waals surface area contributed by atoms with Crippen LogP contribution in [0.4, 0.5) is 24.7 Å². The van der Waals surface area contributed by atoms with Crippen molar-refractivity contribution in [3.8, 4) is 28.1 Å². The van der Waals surface area contributed by atoms with Gasteiger partial charge in [-0.05, 0) is 61.2 Å². The zero-order valence-electron chi connectivity index (χ0n) is 29.1. The lowest BCUT2D eigenvalue weighted by atomic mass is 9.94. The lowest BCUT2D eigenvalue weighted by Crippen LogP contribution is -2.56. The van der Waals surface area contributed by atoms with Gasteiger partial charge in [0.2, 0.25) is 5.91 Å². The molecule has 0 bridgehead atoms. The number of ether oxygens (including phenoxy) is 1. The molecule has 0 saturated carbocycles. The van der Waals surface area contributed by atoms with Crippen molar-refractivity contribution in [1.29, 1.82) is 0 Å². The van der Waals surface area contributed by atoms with Crippen LogP contribution in [0.1, 0.15) is 63.3 Å². The van der Waals surface area contributed by atoms with Crippen molar-refractivity contribution in [2.45, 2.75) is 59.5 Å². The van der Waals surface area contributed by atoms with E-state index >= 15 is 0 Å². The summed E-state index contributed by atoms with van der Waals surface area (Å²) in [6.07, 6.45) is -0.850. The van der Waals surface area contributed by atoms with Gasteiger partial charge in [0.05, 0.1) is 34.8 Å². The van der Waals surface area contributed by atoms with E-state index in [1.54, 1.807) is 42.6 Å². The van der Waals surface area contributed by atoms with Crippen molar-refractivity contribution in [2.75, 3.05) is 36.4 Å². The SMILES string of the molecule is C[C@@H]1CN[C@H](c2ncc(-c3ccc(-c4c(Cl)cc(C(=O)Nc5ccc(N6CCN(C(=O)C(C)(C)C)C[C@H]6C)nc5)cc4OC(F)(F)F)cc3)[nH]2)C1. The first-order chi connectivity index (χ1) is 24.1. The van der Waals surface area contributed by atoms with Crippen molar-refractivity contribution in [1.82, 2.24) is 25.2 Å². The number of alkyl halides is 3. The minimum absolute atomic E-state index is 0.00373. The van der Waals surface area contributed by atoms with Gasteiger partial charge in [-0.1, -0.05) is 63.6 Å². The predicted molar refractivity (Wildman–Crippen MR) is 191 cm³/mol. The predicted octanol–water partition coefficient (Wildman–Crippen LogP) is 7.70. The van der Waals surface area contributed by atoms with E-state index in [-0.39, 0.29) is 34.1 Å². The van der Waals surface area contributed by atoms with E-state index in [2.05, 4.69) is 42.1 Å². The average molecular weight is 724 g/mol. The Bertz CT molecular complexity index is 1890. The molecule has 0 aliphatic carbocycles. The summed E-state index contributed by atoms with van der Waals surface area (Å²) in [6.45, 7) is 12.5. The van der Waals surface area contributed by atoms with Crippen LogP contribution in [0, 0.1) is 11.3 Å². The Morgan fingerprint density at radius 1 is 0.980 bits per heavy atom. The normalized spacial score (nSPS) is 19.7. The zero-order chi connectivity index (χ0) is 36.7. The number of carbonyl (C=O) groups is 2. The molecular weight excluding hydrogens is 683 g/mol. The van der Waals surface area contributed by atoms with Gasteiger partial charge >= 0.3 is 6.36 Å². The highest BCUT2D eigenvalue weighted by Gasteiger charge is 2.35. The Balaban J connectivity index is 1.17. The summed E-state index contributed by atoms with van der Waals surface area (Å²) in [5.74, 6) is 0.865. The molecule has 0 unspecified atom stereocenters. The summed E-state index contributed by atoms with van der Waals surface area (Å²) >= 11 is 6.57. The molecule has 4 heterocycles. The molecule has 14 heteroatoms. The maximum absolute atomic E-state index is 13.6. The zero-order valence-corrected chi connectivity index (χ0v) is 29.8. The third-order valence-corrected chi connectivity index (χ3v) is 9.46. The Morgan fingerprint density at radius 3 is 2.31 bits per heavy atom. The van der Waals surface area contributed by atoms with Crippen molar-refractivity contribution in [2.24, 2.45) is 11.3 Å². The number of nitrogens with zero attached hydrogens (tertiary/aromatic N) is 4. The molecule has 0 spiro atoms. The van der Waals surface area contributed by atoms with Gasteiger partial charge in [0.25, 0.3) is 5.91 Å². The third-order valence-electron chi connectivity index (χ3n) is 9.16. The van der Waals surface area contributed by atoms with E-state index in [4.69, 9.17) is 11.6 Å². The van der Waals surface area contributed by atoms with Gasteiger partial charge in [-0.25, -0.2) is 9.97 Å². The number of nitrogens with one attached hydrogen (secondary N) is 3. The number of aromatic amines is 1. The summed E-state index contributed by atoms with van der Waals surface area (Å²) in [6, 6.07) is 12.7. The average Bonchev–Trinajstić information content (AvgIpc) is 3.73. The van der Waals surface area contributed by atoms with E-state index in [9.17, 15) is 22.8 Å². The van der Waals surface area contributed by atoms with Crippen molar-refractivity contribution < 1.29 is 27.5 Å². The van der Waals surface area contributed by atoms with Crippen molar-refractivity contribution in [3.63, 3.8) is 0 Å². The lowest BCUT2D eigenvalue weighted by Gasteiger charge is -2.42. The van der Waals surface area contributed by atoms with Crippen LogP contribution in [0.25, 0.3) is 22.4 Å². The van der Waals surface area contributed by atoms with Gasteiger partial charge in [-0.15, -0.1) is 13.2 Å². The smallest absolute Gasteiger partial charge is 0.405 e. The van der Waals surface area contributed by atoms with Gasteiger partial charge in [0.1, 0.15) is 17.4 Å². The highest BCUT2D eigenvalue weighted by Crippen LogP contribution is 2.41. The first kappa shape index (κ1) is 36.2. The molecular formula is C37H41ClF3N7O3. The second-order valence-electron chi connectivity index (χ2n) is 14.3. The molecule has 270 valence electrons. The number of amides is 2. The molecule has 2 aliphatic heterocycles. The minimum atomic E-state index is -5.03. The Hall–Kier alpha value is -4.62. The van der Waals surface area contributed by atoms with E-state index in [1.165, 1.54) is 12.3 Å². The number of hydrogen-bond donors (Lipinski definition) is 3. The van der Waals surface area contributed by atoms with Gasteiger partial charge in [-0.2, -0.15) is 0 Å². The molecule has 51 heavy (non-hydrogen) atoms. The standard InChI is InChI=1S/C37H41ClF3N7O3/c1-21-14-28(42-17-21)33-44-19-29(46-33)23-6-8-24(9-7-23)32-27(38)15-25(16-30(32)51-37(39,40)41)34(49)45-26-10-11-31(43-18-26)48-13-12-47(20-22(48)2)35(50)36(3,4)5/h6-11,15-16,18-19,21-22,28,42H,12-14,17,20H2,1-5H3,(H,44,46)(H,45,49)/t21-,22+,28-/m0/s1. The number of aromatic nitrogens is 3. The maximum atomic E-state index is 13.6. The molecule has 3 N–H and O–H groups in total. The number of hydrogen-bond acceptors (Lipinski definition) is 7. The van der Waals surface area contributed by atoms with E-state index < -0.39 is 23.4 Å². The molecule has 10 nitrogen and oxygen atoms in total. The number of piperazine rings is 1. The summed E-state index contributed by atoms with van der Waals surface area (Å²) < 4.78 is 45.2. The second-order valence-corrected chi connectivity index (χ2v) is 14.8. The lowest BCUT2D eigenvalue weighted by molar-refractivity contribution is -0.274. The molecule has 2 aliphatic rings. The summed E-state index contributed by atoms with van der Waals surface area (Å²) in [7, 11) is 0. The van der Waals surface area contributed by atoms with Crippen LogP contribution in [-0.2, 0) is 4.79 Å². The highest BCUT2D eigenvalue weighted by molar-refractivity contribution is 6.34. The van der Waals surface area contributed by atoms with Gasteiger partial charge in [0.15, 0.2) is 0 Å². The fourth-order valence-electron chi connectivity index (χ4n) is 6.59. The first-order valence-electron chi connectivity index (χ1n) is 16.9. The van der Waals surface area contributed by atoms with Crippen LogP contribution in [-0.4, -0.2) is 70.2 Å². The highest BCUT2D eigenvalue weighted by atomic mass is 35.5. The van der Waals surface area contributed by atoms with E-state index in [0.717, 1.165) is 36.1 Å². The number of rotatable bonds is 7. The number of pyridine rings is 1. The van der Waals surface area contributed by atoms with Crippen LogP contribution in [0.2, 0.25) is 5.02 Å². The molecule has 2 fully saturated rings. The summed E-state index contributed by atoms with van der Waals surface area (Å²) in [5, 5.41) is 6.03. The Morgan fingerprint density at radius 2 is 1.71 bits per heavy atom. The van der Waals surface area contributed by atoms with Crippen LogP contribution in [0.3, 0.4) is 0 Å². The number of imidazole rings is 1. The van der Waals surface area contributed by atoms with Gasteiger partial charge in [0, 0.05) is 42.2 Å². The van der Waals surface area contributed by atoms with Gasteiger partial charge in [-0.3, -0.25) is 9.59 Å². The fourth-order valence-corrected chi connectivity index (χ4v) is 6.91. The Labute approximate surface area is 299 Å². The number of H-pyrrole nitrogens is 1. The Kier molecular flexibility index (Phi) is 10.1. The van der Waals surface area contributed by atoms with E-state index in [1.807, 2.05) is 32.6 Å².